The number of fused-ring (bicyclic) bond motifs is 1. The molecule has 0 radical (unpaired) electrons. The molecule has 2 aromatic rings. The summed E-state index contributed by atoms with van der Waals surface area (Å²) in [5.41, 5.74) is 8.73. The van der Waals surface area contributed by atoms with Crippen molar-refractivity contribution >= 4 is 11.7 Å². The minimum absolute atomic E-state index is 0.156. The zero-order chi connectivity index (χ0) is 21.4. The Morgan fingerprint density at radius 3 is 2.28 bits per heavy atom. The summed E-state index contributed by atoms with van der Waals surface area (Å²) in [7, 11) is 0. The van der Waals surface area contributed by atoms with Crippen LogP contribution in [0.15, 0.2) is 30.3 Å². The number of anilines is 1. The molecule has 0 aliphatic heterocycles. The first-order chi connectivity index (χ1) is 13.6. The fourth-order valence-electron chi connectivity index (χ4n) is 4.60. The van der Waals surface area contributed by atoms with Crippen LogP contribution in [0.2, 0.25) is 0 Å². The molecule has 0 fully saturated rings. The van der Waals surface area contributed by atoms with Gasteiger partial charge in [-0.25, -0.2) is 4.79 Å². The lowest BCUT2D eigenvalue weighted by Gasteiger charge is -2.44. The maximum Gasteiger partial charge on any atom is 0.335 e. The highest BCUT2D eigenvalue weighted by Crippen LogP contribution is 2.50. The average Bonchev–Trinajstić information content (AvgIpc) is 2.66. The van der Waals surface area contributed by atoms with Gasteiger partial charge in [0.2, 0.25) is 0 Å². The van der Waals surface area contributed by atoms with E-state index in [1.54, 1.807) is 12.1 Å². The Kier molecular flexibility index (Phi) is 5.80. The summed E-state index contributed by atoms with van der Waals surface area (Å²) in [6.07, 6.45) is 4.30. The van der Waals surface area contributed by atoms with Crippen LogP contribution in [0.1, 0.15) is 92.1 Å². The first-order valence-electron chi connectivity index (χ1n) is 10.8. The third-order valence-electron chi connectivity index (χ3n) is 6.62. The summed E-state index contributed by atoms with van der Waals surface area (Å²) in [5.74, 6) is -0.878. The molecule has 0 spiro atoms. The minimum atomic E-state index is -0.878. The van der Waals surface area contributed by atoms with Gasteiger partial charge in [0, 0.05) is 12.2 Å². The van der Waals surface area contributed by atoms with Gasteiger partial charge in [-0.1, -0.05) is 52.8 Å². The smallest absolute Gasteiger partial charge is 0.335 e. The van der Waals surface area contributed by atoms with E-state index in [2.05, 4.69) is 52.9 Å². The quantitative estimate of drug-likeness (QED) is 0.592. The Balaban J connectivity index is 2.12. The molecule has 0 amide bonds. The van der Waals surface area contributed by atoms with Crippen molar-refractivity contribution in [1.82, 2.24) is 0 Å². The van der Waals surface area contributed by atoms with Gasteiger partial charge >= 0.3 is 5.97 Å². The van der Waals surface area contributed by atoms with Crippen molar-refractivity contribution in [2.24, 2.45) is 0 Å². The SMILES string of the molecule is CCCNc1c(C)c(Cc2ccc(C(=O)O)cc2)cc2c1C(C)(C)CCC2(C)C. The number of aromatic carboxylic acids is 1. The number of hydrogen-bond acceptors (Lipinski definition) is 2. The number of hydrogen-bond donors (Lipinski definition) is 2. The second-order valence-electron chi connectivity index (χ2n) is 9.83. The summed E-state index contributed by atoms with van der Waals surface area (Å²) in [6, 6.07) is 9.71. The monoisotopic (exact) mass is 393 g/mol. The van der Waals surface area contributed by atoms with Crippen molar-refractivity contribution in [3.8, 4) is 0 Å². The van der Waals surface area contributed by atoms with Gasteiger partial charge in [-0.3, -0.25) is 0 Å². The molecule has 0 saturated heterocycles. The van der Waals surface area contributed by atoms with Crippen LogP contribution in [0.5, 0.6) is 0 Å². The van der Waals surface area contributed by atoms with E-state index in [-0.39, 0.29) is 10.8 Å². The Morgan fingerprint density at radius 2 is 1.69 bits per heavy atom. The van der Waals surface area contributed by atoms with Gasteiger partial charge in [0.25, 0.3) is 0 Å². The second-order valence-corrected chi connectivity index (χ2v) is 9.83. The van der Waals surface area contributed by atoms with Crippen LogP contribution in [0.25, 0.3) is 0 Å². The van der Waals surface area contributed by atoms with E-state index in [1.165, 1.54) is 40.8 Å². The van der Waals surface area contributed by atoms with Crippen molar-refractivity contribution in [2.45, 2.75) is 78.1 Å². The standard InChI is InChI=1S/C26H35NO2/c1-7-14-27-23-17(2)20(15-18-8-10-19(11-9-18)24(28)29)16-21-22(23)26(5,6)13-12-25(21,3)4/h8-11,16,27H,7,12-15H2,1-6H3,(H,28,29). The van der Waals surface area contributed by atoms with E-state index in [0.29, 0.717) is 5.56 Å². The predicted octanol–water partition coefficient (Wildman–Crippen LogP) is 6.45. The first-order valence-corrected chi connectivity index (χ1v) is 10.8. The van der Waals surface area contributed by atoms with E-state index in [0.717, 1.165) is 24.9 Å². The molecular formula is C26H35NO2. The van der Waals surface area contributed by atoms with Gasteiger partial charge in [-0.05, 0) is 83.4 Å². The Labute approximate surface area is 175 Å². The normalized spacial score (nSPS) is 16.9. The first kappa shape index (κ1) is 21.4. The van der Waals surface area contributed by atoms with Gasteiger partial charge in [0.05, 0.1) is 5.56 Å². The molecule has 2 N–H and O–H groups in total. The fourth-order valence-corrected chi connectivity index (χ4v) is 4.60. The van der Waals surface area contributed by atoms with E-state index < -0.39 is 5.97 Å². The summed E-state index contributed by atoms with van der Waals surface area (Å²) in [6.45, 7) is 14.9. The summed E-state index contributed by atoms with van der Waals surface area (Å²) in [5, 5.41) is 12.9. The number of benzene rings is 2. The van der Waals surface area contributed by atoms with Crippen LogP contribution >= 0.6 is 0 Å². The van der Waals surface area contributed by atoms with Crippen LogP contribution in [0, 0.1) is 6.92 Å². The van der Waals surface area contributed by atoms with E-state index in [9.17, 15) is 4.79 Å². The molecule has 156 valence electrons. The van der Waals surface area contributed by atoms with E-state index >= 15 is 0 Å². The molecule has 0 saturated carbocycles. The van der Waals surface area contributed by atoms with E-state index in [4.69, 9.17) is 5.11 Å². The Morgan fingerprint density at radius 1 is 1.07 bits per heavy atom. The molecule has 1 aliphatic rings. The molecule has 0 aromatic heterocycles. The summed E-state index contributed by atoms with van der Waals surface area (Å²) < 4.78 is 0. The zero-order valence-corrected chi connectivity index (χ0v) is 18.8. The lowest BCUT2D eigenvalue weighted by molar-refractivity contribution is 0.0697. The zero-order valence-electron chi connectivity index (χ0n) is 18.8. The summed E-state index contributed by atoms with van der Waals surface area (Å²) in [4.78, 5) is 11.2. The van der Waals surface area contributed by atoms with Crippen LogP contribution in [0.3, 0.4) is 0 Å². The molecule has 2 aromatic carbocycles. The van der Waals surface area contributed by atoms with Gasteiger partial charge < -0.3 is 10.4 Å². The molecule has 1 aliphatic carbocycles. The highest BCUT2D eigenvalue weighted by molar-refractivity contribution is 5.87. The number of carbonyl (C=O) groups is 1. The van der Waals surface area contributed by atoms with Crippen molar-refractivity contribution in [2.75, 3.05) is 11.9 Å². The highest BCUT2D eigenvalue weighted by atomic mass is 16.4. The lowest BCUT2D eigenvalue weighted by Crippen LogP contribution is -2.35. The number of rotatable bonds is 6. The van der Waals surface area contributed by atoms with Crippen LogP contribution in [0.4, 0.5) is 5.69 Å². The number of carboxylic acids is 1. The Bertz CT molecular complexity index is 907. The van der Waals surface area contributed by atoms with Crippen molar-refractivity contribution in [3.05, 3.63) is 63.7 Å². The molecular weight excluding hydrogens is 358 g/mol. The minimum Gasteiger partial charge on any atom is -0.478 e. The van der Waals surface area contributed by atoms with Crippen LogP contribution in [-0.2, 0) is 17.3 Å². The van der Waals surface area contributed by atoms with Crippen molar-refractivity contribution in [1.29, 1.82) is 0 Å². The number of nitrogens with one attached hydrogen (secondary N) is 1. The second kappa shape index (κ2) is 7.85. The van der Waals surface area contributed by atoms with Crippen LogP contribution in [-0.4, -0.2) is 17.6 Å². The average molecular weight is 394 g/mol. The largest absolute Gasteiger partial charge is 0.478 e. The molecule has 29 heavy (non-hydrogen) atoms. The Hall–Kier alpha value is -2.29. The lowest BCUT2D eigenvalue weighted by atomic mass is 9.61. The van der Waals surface area contributed by atoms with Gasteiger partial charge in [0.15, 0.2) is 0 Å². The maximum atomic E-state index is 11.2. The third-order valence-corrected chi connectivity index (χ3v) is 6.62. The molecule has 0 unspecified atom stereocenters. The van der Waals surface area contributed by atoms with Crippen molar-refractivity contribution in [3.63, 3.8) is 0 Å². The molecule has 3 heteroatoms. The van der Waals surface area contributed by atoms with Gasteiger partial charge in [0.1, 0.15) is 0 Å². The maximum absolute atomic E-state index is 11.2. The van der Waals surface area contributed by atoms with E-state index in [1.807, 2.05) is 12.1 Å². The third kappa shape index (κ3) is 4.19. The van der Waals surface area contributed by atoms with Gasteiger partial charge in [-0.2, -0.15) is 0 Å². The topological polar surface area (TPSA) is 49.3 Å². The van der Waals surface area contributed by atoms with Crippen LogP contribution < -0.4 is 5.32 Å². The molecule has 0 heterocycles. The fraction of sp³-hybridized carbons (Fsp3) is 0.500. The molecule has 0 atom stereocenters. The summed E-state index contributed by atoms with van der Waals surface area (Å²) >= 11 is 0. The van der Waals surface area contributed by atoms with Crippen molar-refractivity contribution < 1.29 is 9.90 Å². The molecule has 0 bridgehead atoms. The number of carboxylic acid groups (broad SMARTS) is 1. The highest BCUT2D eigenvalue weighted by Gasteiger charge is 2.39. The predicted molar refractivity (Wildman–Crippen MR) is 121 cm³/mol. The van der Waals surface area contributed by atoms with Gasteiger partial charge in [-0.15, -0.1) is 0 Å². The molecule has 3 nitrogen and oxygen atoms in total. The molecule has 3 rings (SSSR count).